The molecule has 0 saturated carbocycles. The normalized spacial score (nSPS) is 11.0. The average Bonchev–Trinajstić information content (AvgIpc) is 2.94. The number of nitrogens with one attached hydrogen (secondary N) is 1. The number of hydrogen-bond acceptors (Lipinski definition) is 5. The van der Waals surface area contributed by atoms with Gasteiger partial charge in [0.05, 0.1) is 10.0 Å². The van der Waals surface area contributed by atoms with Gasteiger partial charge in [-0.2, -0.15) is 0 Å². The summed E-state index contributed by atoms with van der Waals surface area (Å²) in [7, 11) is 0. The third-order valence-electron chi connectivity index (χ3n) is 2.44. The van der Waals surface area contributed by atoms with Crippen molar-refractivity contribution in [1.82, 2.24) is 10.2 Å². The molecule has 1 aromatic carbocycles. The SMILES string of the molecule is CCCSc1nnc(NC(=O)/C=C/c2ccc(Cl)c(Cl)c2)s1. The second-order valence-corrected chi connectivity index (χ2v) is 7.35. The van der Waals surface area contributed by atoms with E-state index in [2.05, 4.69) is 22.4 Å². The average molecular weight is 374 g/mol. The van der Waals surface area contributed by atoms with Crippen LogP contribution in [0.4, 0.5) is 5.13 Å². The molecule has 8 heteroatoms. The fourth-order valence-corrected chi connectivity index (χ4v) is 3.43. The Kier molecular flexibility index (Phi) is 6.70. The van der Waals surface area contributed by atoms with Crippen molar-refractivity contribution in [3.05, 3.63) is 39.9 Å². The third kappa shape index (κ3) is 5.28. The van der Waals surface area contributed by atoms with Crippen LogP contribution in [0, 0.1) is 0 Å². The Morgan fingerprint density at radius 2 is 2.18 bits per heavy atom. The van der Waals surface area contributed by atoms with E-state index in [0.29, 0.717) is 15.2 Å². The minimum Gasteiger partial charge on any atom is -0.297 e. The van der Waals surface area contributed by atoms with E-state index in [1.165, 1.54) is 17.4 Å². The molecule has 0 unspecified atom stereocenters. The molecule has 0 bridgehead atoms. The highest BCUT2D eigenvalue weighted by Gasteiger charge is 2.06. The Balaban J connectivity index is 1.93. The summed E-state index contributed by atoms with van der Waals surface area (Å²) >= 11 is 14.7. The second-order valence-electron chi connectivity index (χ2n) is 4.22. The highest BCUT2D eigenvalue weighted by atomic mass is 35.5. The Morgan fingerprint density at radius 3 is 2.91 bits per heavy atom. The molecule has 0 atom stereocenters. The molecule has 1 heterocycles. The first-order chi connectivity index (χ1) is 10.6. The molecule has 4 nitrogen and oxygen atoms in total. The van der Waals surface area contributed by atoms with Gasteiger partial charge in [0.1, 0.15) is 0 Å². The number of anilines is 1. The van der Waals surface area contributed by atoms with E-state index >= 15 is 0 Å². The van der Waals surface area contributed by atoms with Gasteiger partial charge in [-0.3, -0.25) is 10.1 Å². The predicted molar refractivity (Wildman–Crippen MR) is 95.0 cm³/mol. The number of thioether (sulfide) groups is 1. The van der Waals surface area contributed by atoms with Crippen molar-refractivity contribution < 1.29 is 4.79 Å². The molecule has 0 radical (unpaired) electrons. The summed E-state index contributed by atoms with van der Waals surface area (Å²) in [6.07, 6.45) is 4.14. The van der Waals surface area contributed by atoms with E-state index in [4.69, 9.17) is 23.2 Å². The molecule has 0 aliphatic carbocycles. The van der Waals surface area contributed by atoms with Crippen LogP contribution in [0.3, 0.4) is 0 Å². The van der Waals surface area contributed by atoms with E-state index in [9.17, 15) is 4.79 Å². The lowest BCUT2D eigenvalue weighted by molar-refractivity contribution is -0.111. The lowest BCUT2D eigenvalue weighted by Gasteiger charge is -1.98. The van der Waals surface area contributed by atoms with Crippen molar-refractivity contribution in [3.63, 3.8) is 0 Å². The number of benzene rings is 1. The molecule has 116 valence electrons. The van der Waals surface area contributed by atoms with Crippen LogP contribution in [0.15, 0.2) is 28.6 Å². The van der Waals surface area contributed by atoms with E-state index in [-0.39, 0.29) is 5.91 Å². The molecule has 0 fully saturated rings. The molecular weight excluding hydrogens is 361 g/mol. The first-order valence-electron chi connectivity index (χ1n) is 6.49. The Morgan fingerprint density at radius 1 is 1.36 bits per heavy atom. The van der Waals surface area contributed by atoms with Gasteiger partial charge in [-0.25, -0.2) is 0 Å². The summed E-state index contributed by atoms with van der Waals surface area (Å²) < 4.78 is 0.852. The van der Waals surface area contributed by atoms with Crippen LogP contribution in [-0.4, -0.2) is 21.9 Å². The molecule has 0 aliphatic heterocycles. The van der Waals surface area contributed by atoms with E-state index < -0.39 is 0 Å². The van der Waals surface area contributed by atoms with Crippen molar-refractivity contribution in [2.24, 2.45) is 0 Å². The third-order valence-corrected chi connectivity index (χ3v) is 5.35. The largest absolute Gasteiger partial charge is 0.297 e. The van der Waals surface area contributed by atoms with Crippen LogP contribution >= 0.6 is 46.3 Å². The van der Waals surface area contributed by atoms with Gasteiger partial charge in [0.2, 0.25) is 11.0 Å². The van der Waals surface area contributed by atoms with Crippen LogP contribution < -0.4 is 5.32 Å². The molecule has 1 amide bonds. The summed E-state index contributed by atoms with van der Waals surface area (Å²) in [6.45, 7) is 2.10. The number of amides is 1. The summed E-state index contributed by atoms with van der Waals surface area (Å²) in [6, 6.07) is 5.16. The van der Waals surface area contributed by atoms with Crippen LogP contribution in [0.5, 0.6) is 0 Å². The van der Waals surface area contributed by atoms with Crippen molar-refractivity contribution in [1.29, 1.82) is 0 Å². The molecule has 0 spiro atoms. The van der Waals surface area contributed by atoms with E-state index in [0.717, 1.165) is 22.1 Å². The molecule has 1 aromatic heterocycles. The van der Waals surface area contributed by atoms with Gasteiger partial charge in [-0.1, -0.05) is 59.3 Å². The number of hydrogen-bond donors (Lipinski definition) is 1. The molecule has 22 heavy (non-hydrogen) atoms. The van der Waals surface area contributed by atoms with Crippen LogP contribution in [0.1, 0.15) is 18.9 Å². The molecular formula is C14H13Cl2N3OS2. The fourth-order valence-electron chi connectivity index (χ4n) is 1.44. The van der Waals surface area contributed by atoms with Gasteiger partial charge in [0.15, 0.2) is 4.34 Å². The molecule has 2 rings (SSSR count). The second kappa shape index (κ2) is 8.53. The number of nitrogens with zero attached hydrogens (tertiary/aromatic N) is 2. The maximum atomic E-state index is 11.8. The topological polar surface area (TPSA) is 54.9 Å². The highest BCUT2D eigenvalue weighted by Crippen LogP contribution is 2.26. The Bertz CT molecular complexity index is 688. The van der Waals surface area contributed by atoms with Crippen molar-refractivity contribution >= 4 is 63.4 Å². The van der Waals surface area contributed by atoms with Gasteiger partial charge in [-0.05, 0) is 30.2 Å². The highest BCUT2D eigenvalue weighted by molar-refractivity contribution is 8.01. The van der Waals surface area contributed by atoms with Crippen molar-refractivity contribution in [2.75, 3.05) is 11.1 Å². The molecule has 0 aliphatic rings. The standard InChI is InChI=1S/C14H13Cl2N3OS2/c1-2-7-21-14-19-18-13(22-14)17-12(20)6-4-9-3-5-10(15)11(16)8-9/h3-6,8H,2,7H2,1H3,(H,17,18,20)/b6-4+. The van der Waals surface area contributed by atoms with Crippen LogP contribution in [0.2, 0.25) is 10.0 Å². The molecule has 1 N–H and O–H groups in total. The van der Waals surface area contributed by atoms with Crippen LogP contribution in [-0.2, 0) is 4.79 Å². The zero-order chi connectivity index (χ0) is 15.9. The van der Waals surface area contributed by atoms with E-state index in [1.54, 1.807) is 36.0 Å². The zero-order valence-electron chi connectivity index (χ0n) is 11.7. The number of carbonyl (C=O) groups excluding carboxylic acids is 1. The Labute approximate surface area is 146 Å². The zero-order valence-corrected chi connectivity index (χ0v) is 14.8. The van der Waals surface area contributed by atoms with Gasteiger partial charge in [0, 0.05) is 11.8 Å². The van der Waals surface area contributed by atoms with Crippen molar-refractivity contribution in [3.8, 4) is 0 Å². The van der Waals surface area contributed by atoms with Gasteiger partial charge in [-0.15, -0.1) is 10.2 Å². The minimum atomic E-state index is -0.269. The maximum Gasteiger partial charge on any atom is 0.250 e. The molecule has 2 aromatic rings. The summed E-state index contributed by atoms with van der Waals surface area (Å²) in [5.74, 6) is 0.717. The summed E-state index contributed by atoms with van der Waals surface area (Å²) in [5.41, 5.74) is 0.793. The summed E-state index contributed by atoms with van der Waals surface area (Å²) in [4.78, 5) is 11.8. The van der Waals surface area contributed by atoms with Gasteiger partial charge < -0.3 is 0 Å². The maximum absolute atomic E-state index is 11.8. The fraction of sp³-hybridized carbons (Fsp3) is 0.214. The van der Waals surface area contributed by atoms with Gasteiger partial charge >= 0.3 is 0 Å². The number of aromatic nitrogens is 2. The number of rotatable bonds is 6. The van der Waals surface area contributed by atoms with Gasteiger partial charge in [0.25, 0.3) is 0 Å². The minimum absolute atomic E-state index is 0.269. The first kappa shape index (κ1) is 17.3. The number of halogens is 2. The first-order valence-corrected chi connectivity index (χ1v) is 9.04. The molecule has 0 saturated heterocycles. The lowest BCUT2D eigenvalue weighted by atomic mass is 10.2. The van der Waals surface area contributed by atoms with E-state index in [1.807, 2.05) is 0 Å². The number of carbonyl (C=O) groups is 1. The van der Waals surface area contributed by atoms with Crippen molar-refractivity contribution in [2.45, 2.75) is 17.7 Å². The predicted octanol–water partition coefficient (Wildman–Crippen LogP) is 5.00. The Hall–Kier alpha value is -1.08. The smallest absolute Gasteiger partial charge is 0.250 e. The lowest BCUT2D eigenvalue weighted by Crippen LogP contribution is -2.07. The summed E-state index contributed by atoms with van der Waals surface area (Å²) in [5, 5.41) is 12.0. The monoisotopic (exact) mass is 373 g/mol. The van der Waals surface area contributed by atoms with Crippen LogP contribution in [0.25, 0.3) is 6.08 Å². The quantitative estimate of drug-likeness (QED) is 0.439.